The van der Waals surface area contributed by atoms with Gasteiger partial charge in [-0.25, -0.2) is 0 Å². The van der Waals surface area contributed by atoms with Crippen molar-refractivity contribution in [3.8, 4) is 0 Å². The third kappa shape index (κ3) is 5.59. The fraction of sp³-hybridized carbons (Fsp3) is 0.769. The van der Waals surface area contributed by atoms with E-state index in [-0.39, 0.29) is 10.7 Å². The van der Waals surface area contributed by atoms with Crippen molar-refractivity contribution >= 4 is 23.5 Å². The molecular weight excluding hydrogens is 262 g/mol. The number of nitrogens with zero attached hydrogens (tertiary/aromatic N) is 4. The first kappa shape index (κ1) is 16.0. The molecule has 0 saturated heterocycles. The number of hydrogen-bond donors (Lipinski definition) is 1. The van der Waals surface area contributed by atoms with Crippen molar-refractivity contribution < 1.29 is 0 Å². The summed E-state index contributed by atoms with van der Waals surface area (Å²) in [7, 11) is 0. The average Bonchev–Trinajstić information content (AvgIpc) is 2.28. The van der Waals surface area contributed by atoms with E-state index in [1.807, 2.05) is 4.90 Å². The van der Waals surface area contributed by atoms with Gasteiger partial charge in [0.1, 0.15) is 0 Å². The summed E-state index contributed by atoms with van der Waals surface area (Å²) in [4.78, 5) is 14.7. The molecule has 0 atom stereocenters. The van der Waals surface area contributed by atoms with E-state index in [2.05, 4.69) is 54.9 Å². The smallest absolute Gasteiger partial charge is 0.231 e. The molecule has 1 aromatic heterocycles. The fourth-order valence-electron chi connectivity index (χ4n) is 1.62. The van der Waals surface area contributed by atoms with Crippen LogP contribution in [0.15, 0.2) is 0 Å². The van der Waals surface area contributed by atoms with Crippen LogP contribution in [0, 0.1) is 5.41 Å². The molecule has 0 aliphatic heterocycles. The number of nitrogens with one attached hydrogen (secondary N) is 1. The van der Waals surface area contributed by atoms with E-state index >= 15 is 0 Å². The van der Waals surface area contributed by atoms with Crippen molar-refractivity contribution in [1.29, 1.82) is 0 Å². The third-order valence-corrected chi connectivity index (χ3v) is 2.97. The van der Waals surface area contributed by atoms with Crippen molar-refractivity contribution in [3.63, 3.8) is 0 Å². The average molecular weight is 286 g/mol. The lowest BCUT2D eigenvalue weighted by Gasteiger charge is -2.20. The summed E-state index contributed by atoms with van der Waals surface area (Å²) in [6, 6.07) is 0. The lowest BCUT2D eigenvalue weighted by molar-refractivity contribution is 0.389. The molecule has 19 heavy (non-hydrogen) atoms. The maximum Gasteiger partial charge on any atom is 0.231 e. The minimum absolute atomic E-state index is 0.232. The van der Waals surface area contributed by atoms with Crippen molar-refractivity contribution in [1.82, 2.24) is 15.0 Å². The molecule has 0 saturated carbocycles. The Labute approximate surface area is 120 Å². The summed E-state index contributed by atoms with van der Waals surface area (Å²) in [5.74, 6) is 1.18. The largest absolute Gasteiger partial charge is 0.354 e. The Morgan fingerprint density at radius 1 is 1.11 bits per heavy atom. The van der Waals surface area contributed by atoms with Crippen LogP contribution >= 0.6 is 11.6 Å². The van der Waals surface area contributed by atoms with Gasteiger partial charge in [0.2, 0.25) is 17.2 Å². The van der Waals surface area contributed by atoms with Crippen LogP contribution in [-0.2, 0) is 0 Å². The van der Waals surface area contributed by atoms with Gasteiger partial charge < -0.3 is 10.2 Å². The van der Waals surface area contributed by atoms with Gasteiger partial charge in [0, 0.05) is 19.6 Å². The molecule has 0 aliphatic carbocycles. The number of halogens is 1. The van der Waals surface area contributed by atoms with E-state index in [1.165, 1.54) is 0 Å². The zero-order chi connectivity index (χ0) is 14.5. The Morgan fingerprint density at radius 3 is 2.26 bits per heavy atom. The highest BCUT2D eigenvalue weighted by atomic mass is 35.5. The lowest BCUT2D eigenvalue weighted by Crippen LogP contribution is -2.25. The standard InChI is InChI=1S/C13H24ClN5/c1-6-19(7-2)12-17-10(14)16-11(18-12)15-9-8-13(3,4)5/h6-9H2,1-5H3,(H,15,16,17,18). The molecule has 0 fully saturated rings. The van der Waals surface area contributed by atoms with Crippen molar-refractivity contribution in [3.05, 3.63) is 5.28 Å². The van der Waals surface area contributed by atoms with Gasteiger partial charge >= 0.3 is 0 Å². The molecule has 0 bridgehead atoms. The molecule has 0 unspecified atom stereocenters. The summed E-state index contributed by atoms with van der Waals surface area (Å²) in [6.07, 6.45) is 1.04. The van der Waals surface area contributed by atoms with Crippen molar-refractivity contribution in [2.24, 2.45) is 5.41 Å². The second-order valence-electron chi connectivity index (χ2n) is 5.64. The van der Waals surface area contributed by atoms with E-state index in [4.69, 9.17) is 11.6 Å². The van der Waals surface area contributed by atoms with Gasteiger partial charge in [-0.15, -0.1) is 0 Å². The maximum absolute atomic E-state index is 5.95. The minimum atomic E-state index is 0.232. The Hall–Kier alpha value is -1.10. The van der Waals surface area contributed by atoms with E-state index in [9.17, 15) is 0 Å². The van der Waals surface area contributed by atoms with Gasteiger partial charge in [-0.05, 0) is 37.3 Å². The highest BCUT2D eigenvalue weighted by Gasteiger charge is 2.12. The predicted octanol–water partition coefficient (Wildman–Crippen LogP) is 3.22. The minimum Gasteiger partial charge on any atom is -0.354 e. The van der Waals surface area contributed by atoms with E-state index in [0.29, 0.717) is 11.9 Å². The second-order valence-corrected chi connectivity index (χ2v) is 5.98. The van der Waals surface area contributed by atoms with Crippen LogP contribution in [0.1, 0.15) is 41.0 Å². The normalized spacial score (nSPS) is 11.5. The Bertz CT molecular complexity index is 399. The summed E-state index contributed by atoms with van der Waals surface area (Å²) in [6.45, 7) is 13.3. The van der Waals surface area contributed by atoms with E-state index in [0.717, 1.165) is 26.1 Å². The molecule has 5 nitrogen and oxygen atoms in total. The number of aromatic nitrogens is 3. The molecule has 108 valence electrons. The maximum atomic E-state index is 5.95. The van der Waals surface area contributed by atoms with Crippen LogP contribution < -0.4 is 10.2 Å². The molecule has 1 heterocycles. The Morgan fingerprint density at radius 2 is 1.74 bits per heavy atom. The first-order chi connectivity index (χ1) is 8.85. The predicted molar refractivity (Wildman–Crippen MR) is 81.0 cm³/mol. The topological polar surface area (TPSA) is 53.9 Å². The number of rotatable bonds is 6. The third-order valence-electron chi connectivity index (χ3n) is 2.80. The molecule has 0 amide bonds. The van der Waals surface area contributed by atoms with Gasteiger partial charge in [-0.2, -0.15) is 15.0 Å². The highest BCUT2D eigenvalue weighted by molar-refractivity contribution is 6.28. The van der Waals surface area contributed by atoms with Gasteiger partial charge in [-0.1, -0.05) is 20.8 Å². The lowest BCUT2D eigenvalue weighted by atomic mass is 9.92. The van der Waals surface area contributed by atoms with Crippen molar-refractivity contribution in [2.75, 3.05) is 29.9 Å². The van der Waals surface area contributed by atoms with Crippen LogP contribution in [-0.4, -0.2) is 34.6 Å². The van der Waals surface area contributed by atoms with Gasteiger partial charge in [-0.3, -0.25) is 0 Å². The molecule has 1 rings (SSSR count). The van der Waals surface area contributed by atoms with Crippen LogP contribution in [0.25, 0.3) is 0 Å². The molecular formula is C13H24ClN5. The zero-order valence-corrected chi connectivity index (χ0v) is 13.3. The fourth-order valence-corrected chi connectivity index (χ4v) is 1.77. The summed E-state index contributed by atoms with van der Waals surface area (Å²) < 4.78 is 0. The number of hydrogen-bond acceptors (Lipinski definition) is 5. The molecule has 1 N–H and O–H groups in total. The molecule has 1 aromatic rings. The van der Waals surface area contributed by atoms with E-state index < -0.39 is 0 Å². The Kier molecular flexibility index (Phi) is 5.79. The van der Waals surface area contributed by atoms with Gasteiger partial charge in [0.05, 0.1) is 0 Å². The molecule has 6 heteroatoms. The SMILES string of the molecule is CCN(CC)c1nc(Cl)nc(NCCC(C)(C)C)n1. The zero-order valence-electron chi connectivity index (χ0n) is 12.5. The van der Waals surface area contributed by atoms with Crippen molar-refractivity contribution in [2.45, 2.75) is 41.0 Å². The molecule has 0 aliphatic rings. The first-order valence-corrected chi connectivity index (χ1v) is 7.14. The van der Waals surface area contributed by atoms with E-state index in [1.54, 1.807) is 0 Å². The highest BCUT2D eigenvalue weighted by Crippen LogP contribution is 2.19. The Balaban J connectivity index is 2.74. The van der Waals surface area contributed by atoms with Gasteiger partial charge in [0.15, 0.2) is 0 Å². The first-order valence-electron chi connectivity index (χ1n) is 6.76. The second kappa shape index (κ2) is 6.89. The van der Waals surface area contributed by atoms with Crippen LogP contribution in [0.5, 0.6) is 0 Å². The van der Waals surface area contributed by atoms with Gasteiger partial charge in [0.25, 0.3) is 0 Å². The molecule has 0 radical (unpaired) electrons. The number of anilines is 2. The summed E-state index contributed by atoms with van der Waals surface area (Å²) >= 11 is 5.95. The van der Waals surface area contributed by atoms with Crippen LogP contribution in [0.4, 0.5) is 11.9 Å². The summed E-state index contributed by atoms with van der Waals surface area (Å²) in [5.41, 5.74) is 0.283. The monoisotopic (exact) mass is 285 g/mol. The quantitative estimate of drug-likeness (QED) is 0.870. The molecule has 0 aromatic carbocycles. The van der Waals surface area contributed by atoms with Crippen LogP contribution in [0.2, 0.25) is 5.28 Å². The molecule has 0 spiro atoms. The summed E-state index contributed by atoms with van der Waals surface area (Å²) in [5, 5.41) is 3.44. The van der Waals surface area contributed by atoms with Crippen LogP contribution in [0.3, 0.4) is 0 Å².